The number of carboxylic acids is 1. The van der Waals surface area contributed by atoms with Crippen LogP contribution in [0.5, 0.6) is 0 Å². The molecule has 0 aromatic heterocycles. The number of para-hydroxylation sites is 1. The normalized spacial score (nSPS) is 11.1. The van der Waals surface area contributed by atoms with Gasteiger partial charge in [0, 0.05) is 0 Å². The smallest absolute Gasteiger partial charge is 0.337 e. The SMILES string of the molecule is Cc1cccc(C(=O)O)c1NS(=O)(=O)c1cccc(F)c1. The monoisotopic (exact) mass is 309 g/mol. The van der Waals surface area contributed by atoms with Gasteiger partial charge < -0.3 is 5.11 Å². The van der Waals surface area contributed by atoms with Crippen molar-refractivity contribution in [1.29, 1.82) is 0 Å². The lowest BCUT2D eigenvalue weighted by Gasteiger charge is -2.13. The van der Waals surface area contributed by atoms with E-state index in [9.17, 15) is 17.6 Å². The van der Waals surface area contributed by atoms with Crippen LogP contribution in [0.15, 0.2) is 47.4 Å². The van der Waals surface area contributed by atoms with Crippen molar-refractivity contribution in [3.63, 3.8) is 0 Å². The molecule has 0 atom stereocenters. The molecule has 2 aromatic carbocycles. The van der Waals surface area contributed by atoms with Gasteiger partial charge in [-0.05, 0) is 36.8 Å². The molecule has 0 unspecified atom stereocenters. The summed E-state index contributed by atoms with van der Waals surface area (Å²) in [6.45, 7) is 1.58. The summed E-state index contributed by atoms with van der Waals surface area (Å²) in [5.74, 6) is -1.95. The maximum atomic E-state index is 13.1. The van der Waals surface area contributed by atoms with Crippen LogP contribution in [0, 0.1) is 12.7 Å². The van der Waals surface area contributed by atoms with Crippen LogP contribution < -0.4 is 4.72 Å². The Morgan fingerprint density at radius 1 is 1.19 bits per heavy atom. The maximum Gasteiger partial charge on any atom is 0.337 e. The predicted molar refractivity (Wildman–Crippen MR) is 75.3 cm³/mol. The number of rotatable bonds is 4. The Morgan fingerprint density at radius 2 is 1.86 bits per heavy atom. The zero-order valence-corrected chi connectivity index (χ0v) is 11.8. The molecule has 21 heavy (non-hydrogen) atoms. The lowest BCUT2D eigenvalue weighted by Crippen LogP contribution is -2.16. The molecule has 0 fully saturated rings. The molecule has 0 aliphatic rings. The fourth-order valence-corrected chi connectivity index (χ4v) is 2.99. The van der Waals surface area contributed by atoms with E-state index in [0.29, 0.717) is 5.56 Å². The third kappa shape index (κ3) is 3.19. The zero-order valence-electron chi connectivity index (χ0n) is 11.0. The fraction of sp³-hybridized carbons (Fsp3) is 0.0714. The summed E-state index contributed by atoms with van der Waals surface area (Å²) in [5, 5.41) is 9.11. The Bertz CT molecular complexity index is 802. The second-order valence-corrected chi connectivity index (χ2v) is 6.05. The van der Waals surface area contributed by atoms with Gasteiger partial charge in [0.25, 0.3) is 10.0 Å². The maximum absolute atomic E-state index is 13.1. The molecule has 7 heteroatoms. The Kier molecular flexibility index (Phi) is 3.95. The van der Waals surface area contributed by atoms with E-state index < -0.39 is 21.8 Å². The molecule has 110 valence electrons. The Hall–Kier alpha value is -2.41. The highest BCUT2D eigenvalue weighted by atomic mass is 32.2. The van der Waals surface area contributed by atoms with Crippen molar-refractivity contribution >= 4 is 21.7 Å². The van der Waals surface area contributed by atoms with Crippen molar-refractivity contribution in [2.75, 3.05) is 4.72 Å². The van der Waals surface area contributed by atoms with Crippen molar-refractivity contribution in [3.8, 4) is 0 Å². The van der Waals surface area contributed by atoms with E-state index in [2.05, 4.69) is 4.72 Å². The van der Waals surface area contributed by atoms with Crippen molar-refractivity contribution < 1.29 is 22.7 Å². The number of aryl methyl sites for hydroxylation is 1. The summed E-state index contributed by atoms with van der Waals surface area (Å²) in [6, 6.07) is 8.86. The molecule has 0 aliphatic heterocycles. The number of hydrogen-bond acceptors (Lipinski definition) is 3. The van der Waals surface area contributed by atoms with Crippen LogP contribution in [0.3, 0.4) is 0 Å². The van der Waals surface area contributed by atoms with Crippen molar-refractivity contribution in [2.45, 2.75) is 11.8 Å². The van der Waals surface area contributed by atoms with Gasteiger partial charge in [-0.1, -0.05) is 18.2 Å². The van der Waals surface area contributed by atoms with Crippen LogP contribution in [0.4, 0.5) is 10.1 Å². The van der Waals surface area contributed by atoms with E-state index in [0.717, 1.165) is 12.1 Å². The van der Waals surface area contributed by atoms with Gasteiger partial charge in [-0.25, -0.2) is 17.6 Å². The highest BCUT2D eigenvalue weighted by Crippen LogP contribution is 2.24. The predicted octanol–water partition coefficient (Wildman–Crippen LogP) is 2.63. The molecule has 0 bridgehead atoms. The third-order valence-corrected chi connectivity index (χ3v) is 4.19. The number of halogens is 1. The first-order valence-electron chi connectivity index (χ1n) is 5.92. The van der Waals surface area contributed by atoms with E-state index in [4.69, 9.17) is 5.11 Å². The molecule has 0 aliphatic carbocycles. The average Bonchev–Trinajstić information content (AvgIpc) is 2.40. The fourth-order valence-electron chi connectivity index (χ4n) is 1.81. The topological polar surface area (TPSA) is 83.5 Å². The van der Waals surface area contributed by atoms with E-state index >= 15 is 0 Å². The highest BCUT2D eigenvalue weighted by molar-refractivity contribution is 7.92. The lowest BCUT2D eigenvalue weighted by atomic mass is 10.1. The van der Waals surface area contributed by atoms with Crippen LogP contribution in [0.1, 0.15) is 15.9 Å². The molecule has 0 amide bonds. The number of aromatic carboxylic acids is 1. The summed E-state index contributed by atoms with van der Waals surface area (Å²) in [7, 11) is -4.07. The van der Waals surface area contributed by atoms with Crippen LogP contribution in [-0.4, -0.2) is 19.5 Å². The van der Waals surface area contributed by atoms with Gasteiger partial charge in [-0.2, -0.15) is 0 Å². The second kappa shape index (κ2) is 5.53. The van der Waals surface area contributed by atoms with Crippen LogP contribution in [-0.2, 0) is 10.0 Å². The van der Waals surface area contributed by atoms with Gasteiger partial charge in [0.15, 0.2) is 0 Å². The van der Waals surface area contributed by atoms with Gasteiger partial charge in [-0.15, -0.1) is 0 Å². The van der Waals surface area contributed by atoms with Crippen molar-refractivity contribution in [1.82, 2.24) is 0 Å². The van der Waals surface area contributed by atoms with Crippen molar-refractivity contribution in [2.24, 2.45) is 0 Å². The Labute approximate surface area is 121 Å². The first-order chi connectivity index (χ1) is 9.81. The zero-order chi connectivity index (χ0) is 15.6. The molecule has 2 rings (SSSR count). The lowest BCUT2D eigenvalue weighted by molar-refractivity contribution is 0.0698. The number of sulfonamides is 1. The number of anilines is 1. The summed E-state index contributed by atoms with van der Waals surface area (Å²) < 4.78 is 39.8. The van der Waals surface area contributed by atoms with E-state index in [-0.39, 0.29) is 16.1 Å². The largest absolute Gasteiger partial charge is 0.478 e. The summed E-state index contributed by atoms with van der Waals surface area (Å²) in [6.07, 6.45) is 0. The molecule has 0 saturated heterocycles. The van der Waals surface area contributed by atoms with Crippen LogP contribution in [0.25, 0.3) is 0 Å². The molecule has 2 N–H and O–H groups in total. The second-order valence-electron chi connectivity index (χ2n) is 4.37. The molecule has 0 spiro atoms. The quantitative estimate of drug-likeness (QED) is 0.909. The molecule has 2 aromatic rings. The molecule has 5 nitrogen and oxygen atoms in total. The first-order valence-corrected chi connectivity index (χ1v) is 7.41. The molecule has 0 heterocycles. The standard InChI is InChI=1S/C14H12FNO4S/c1-9-4-2-7-12(14(17)18)13(9)16-21(19,20)11-6-3-5-10(15)8-11/h2-8,16H,1H3,(H,17,18). The average molecular weight is 309 g/mol. The Morgan fingerprint density at radius 3 is 2.48 bits per heavy atom. The minimum absolute atomic E-state index is 0.0331. The number of benzene rings is 2. The van der Waals surface area contributed by atoms with Gasteiger partial charge >= 0.3 is 5.97 Å². The minimum Gasteiger partial charge on any atom is -0.478 e. The number of carboxylic acid groups (broad SMARTS) is 1. The minimum atomic E-state index is -4.07. The number of carbonyl (C=O) groups is 1. The van der Waals surface area contributed by atoms with Gasteiger partial charge in [0.2, 0.25) is 0 Å². The van der Waals surface area contributed by atoms with E-state index in [1.807, 2.05) is 0 Å². The molecule has 0 saturated carbocycles. The number of nitrogens with one attached hydrogen (secondary N) is 1. The number of hydrogen-bond donors (Lipinski definition) is 2. The van der Waals surface area contributed by atoms with Gasteiger partial charge in [0.1, 0.15) is 5.82 Å². The first kappa shape index (κ1) is 15.0. The van der Waals surface area contributed by atoms with Crippen LogP contribution in [0.2, 0.25) is 0 Å². The Balaban J connectivity index is 2.49. The van der Waals surface area contributed by atoms with E-state index in [1.165, 1.54) is 24.3 Å². The van der Waals surface area contributed by atoms with Gasteiger partial charge in [0.05, 0.1) is 16.1 Å². The van der Waals surface area contributed by atoms with Crippen LogP contribution >= 0.6 is 0 Å². The third-order valence-electron chi connectivity index (χ3n) is 2.85. The van der Waals surface area contributed by atoms with Crippen molar-refractivity contribution in [3.05, 3.63) is 59.4 Å². The molecule has 0 radical (unpaired) electrons. The summed E-state index contributed by atoms with van der Waals surface area (Å²) in [5.41, 5.74) is 0.249. The highest BCUT2D eigenvalue weighted by Gasteiger charge is 2.20. The summed E-state index contributed by atoms with van der Waals surface area (Å²) >= 11 is 0. The summed E-state index contributed by atoms with van der Waals surface area (Å²) in [4.78, 5) is 10.9. The van der Waals surface area contributed by atoms with Gasteiger partial charge in [-0.3, -0.25) is 4.72 Å². The van der Waals surface area contributed by atoms with E-state index in [1.54, 1.807) is 13.0 Å². The molecular formula is C14H12FNO4S. The molecular weight excluding hydrogens is 297 g/mol.